The number of carbonyl (C=O) groups is 1. The van der Waals surface area contributed by atoms with Gasteiger partial charge in [0.25, 0.3) is 5.91 Å². The van der Waals surface area contributed by atoms with E-state index >= 15 is 0 Å². The number of thiazole rings is 1. The van der Waals surface area contributed by atoms with Gasteiger partial charge in [-0.15, -0.1) is 11.3 Å². The van der Waals surface area contributed by atoms with Gasteiger partial charge in [0.1, 0.15) is 0 Å². The Balaban J connectivity index is 1.76. The van der Waals surface area contributed by atoms with Crippen molar-refractivity contribution < 1.29 is 4.79 Å². The number of amides is 1. The summed E-state index contributed by atoms with van der Waals surface area (Å²) in [6.45, 7) is 4.88. The Morgan fingerprint density at radius 3 is 2.95 bits per heavy atom. The first kappa shape index (κ1) is 14.8. The molecule has 0 saturated heterocycles. The summed E-state index contributed by atoms with van der Waals surface area (Å²) in [6, 6.07) is 8.27. The van der Waals surface area contributed by atoms with Gasteiger partial charge in [0, 0.05) is 53.2 Å². The van der Waals surface area contributed by atoms with E-state index in [-0.39, 0.29) is 5.91 Å². The number of benzene rings is 1. The van der Waals surface area contributed by atoms with Crippen LogP contribution in [0.5, 0.6) is 0 Å². The van der Waals surface area contributed by atoms with Crippen LogP contribution in [0.15, 0.2) is 42.0 Å². The topological polar surface area (TPSA) is 46.9 Å². The normalized spacial score (nSPS) is 11.2. The molecule has 4 nitrogen and oxygen atoms in total. The predicted octanol–water partition coefficient (Wildman–Crippen LogP) is 3.65. The van der Waals surface area contributed by atoms with Gasteiger partial charge in [-0.05, 0) is 32.0 Å². The molecule has 0 spiro atoms. The first-order valence-corrected chi connectivity index (χ1v) is 8.31. The van der Waals surface area contributed by atoms with Crippen LogP contribution in [0.25, 0.3) is 10.9 Å². The average Bonchev–Trinajstić information content (AvgIpc) is 3.15. The third-order valence-electron chi connectivity index (χ3n) is 3.67. The van der Waals surface area contributed by atoms with Crippen molar-refractivity contribution >= 4 is 28.1 Å². The average molecular weight is 313 g/mol. The summed E-state index contributed by atoms with van der Waals surface area (Å²) in [5, 5.41) is 6.99. The molecule has 3 rings (SSSR count). The van der Waals surface area contributed by atoms with Crippen molar-refractivity contribution in [1.29, 1.82) is 0 Å². The zero-order chi connectivity index (χ0) is 15.5. The minimum absolute atomic E-state index is 0.0244. The molecule has 1 aromatic carbocycles. The van der Waals surface area contributed by atoms with Gasteiger partial charge in [0.05, 0.1) is 5.01 Å². The van der Waals surface area contributed by atoms with Crippen molar-refractivity contribution in [3.8, 4) is 0 Å². The van der Waals surface area contributed by atoms with Gasteiger partial charge in [0.2, 0.25) is 0 Å². The molecule has 3 aromatic rings. The molecule has 0 saturated carbocycles. The molecule has 2 aromatic heterocycles. The molecule has 0 aliphatic heterocycles. The van der Waals surface area contributed by atoms with Crippen LogP contribution >= 0.6 is 11.3 Å². The molecule has 22 heavy (non-hydrogen) atoms. The Hall–Kier alpha value is -2.14. The number of rotatable bonds is 5. The lowest BCUT2D eigenvalue weighted by atomic mass is 10.1. The highest BCUT2D eigenvalue weighted by Crippen LogP contribution is 2.23. The largest absolute Gasteiger partial charge is 0.352 e. The molecule has 1 N–H and O–H groups in total. The van der Waals surface area contributed by atoms with E-state index in [2.05, 4.69) is 34.8 Å². The van der Waals surface area contributed by atoms with Crippen molar-refractivity contribution in [2.45, 2.75) is 26.3 Å². The van der Waals surface area contributed by atoms with Gasteiger partial charge < -0.3 is 9.88 Å². The fourth-order valence-electron chi connectivity index (χ4n) is 2.59. The molecule has 1 amide bonds. The predicted molar refractivity (Wildman–Crippen MR) is 90.5 cm³/mol. The number of hydrogen-bond donors (Lipinski definition) is 1. The van der Waals surface area contributed by atoms with Gasteiger partial charge in [-0.25, -0.2) is 4.98 Å². The van der Waals surface area contributed by atoms with Gasteiger partial charge in [0.15, 0.2) is 0 Å². The van der Waals surface area contributed by atoms with Crippen molar-refractivity contribution in [1.82, 2.24) is 14.9 Å². The lowest BCUT2D eigenvalue weighted by Gasteiger charge is -2.10. The van der Waals surface area contributed by atoms with Gasteiger partial charge in [-0.3, -0.25) is 4.79 Å². The Kier molecular flexibility index (Phi) is 4.24. The standard InChI is InChI=1S/C17H19N3OS/c1-12(2)20-10-7-13-14(4-3-5-15(13)20)17(21)19-8-6-16-18-9-11-22-16/h3-5,7,9-12H,6,8H2,1-2H3,(H,19,21). The van der Waals surface area contributed by atoms with Crippen molar-refractivity contribution in [2.75, 3.05) is 6.54 Å². The molecule has 114 valence electrons. The van der Waals surface area contributed by atoms with Crippen LogP contribution in [0.4, 0.5) is 0 Å². The van der Waals surface area contributed by atoms with Crippen LogP contribution < -0.4 is 5.32 Å². The molecular formula is C17H19N3OS. The number of nitrogens with one attached hydrogen (secondary N) is 1. The zero-order valence-corrected chi connectivity index (χ0v) is 13.6. The third kappa shape index (κ3) is 2.90. The molecule has 0 unspecified atom stereocenters. The first-order chi connectivity index (χ1) is 10.7. The lowest BCUT2D eigenvalue weighted by Crippen LogP contribution is -2.25. The maximum atomic E-state index is 12.4. The van der Waals surface area contributed by atoms with Crippen LogP contribution in [-0.4, -0.2) is 22.0 Å². The summed E-state index contributed by atoms with van der Waals surface area (Å²) in [4.78, 5) is 16.7. The van der Waals surface area contributed by atoms with Crippen molar-refractivity contribution in [2.24, 2.45) is 0 Å². The van der Waals surface area contributed by atoms with E-state index in [1.807, 2.05) is 29.8 Å². The minimum Gasteiger partial charge on any atom is -0.352 e. The fraction of sp³-hybridized carbons (Fsp3) is 0.294. The van der Waals surface area contributed by atoms with Crippen LogP contribution in [0.2, 0.25) is 0 Å². The first-order valence-electron chi connectivity index (χ1n) is 7.43. The van der Waals surface area contributed by atoms with Gasteiger partial charge >= 0.3 is 0 Å². The van der Waals surface area contributed by atoms with Gasteiger partial charge in [-0.2, -0.15) is 0 Å². The molecule has 5 heteroatoms. The number of carbonyl (C=O) groups excluding carboxylic acids is 1. The van der Waals surface area contributed by atoms with Crippen LogP contribution in [0.3, 0.4) is 0 Å². The van der Waals surface area contributed by atoms with Crippen LogP contribution in [0, 0.1) is 0 Å². The Morgan fingerprint density at radius 2 is 2.23 bits per heavy atom. The summed E-state index contributed by atoms with van der Waals surface area (Å²) in [6.07, 6.45) is 4.60. The van der Waals surface area contributed by atoms with E-state index in [9.17, 15) is 4.79 Å². The Morgan fingerprint density at radius 1 is 1.36 bits per heavy atom. The molecule has 2 heterocycles. The van der Waals surface area contributed by atoms with Gasteiger partial charge in [-0.1, -0.05) is 6.07 Å². The second-order valence-electron chi connectivity index (χ2n) is 5.49. The van der Waals surface area contributed by atoms with E-state index in [0.29, 0.717) is 12.6 Å². The monoisotopic (exact) mass is 313 g/mol. The molecular weight excluding hydrogens is 294 g/mol. The smallest absolute Gasteiger partial charge is 0.251 e. The maximum absolute atomic E-state index is 12.4. The molecule has 0 atom stereocenters. The van der Waals surface area contributed by atoms with Crippen molar-refractivity contribution in [3.05, 3.63) is 52.6 Å². The molecule has 0 radical (unpaired) electrons. The second kappa shape index (κ2) is 6.32. The molecule has 0 aliphatic carbocycles. The highest BCUT2D eigenvalue weighted by atomic mass is 32.1. The highest BCUT2D eigenvalue weighted by Gasteiger charge is 2.13. The quantitative estimate of drug-likeness (QED) is 0.781. The van der Waals surface area contributed by atoms with E-state index in [0.717, 1.165) is 27.9 Å². The van der Waals surface area contributed by atoms with E-state index < -0.39 is 0 Å². The summed E-state index contributed by atoms with van der Waals surface area (Å²) < 4.78 is 2.18. The Labute approximate surface area is 133 Å². The molecule has 0 bridgehead atoms. The van der Waals surface area contributed by atoms with E-state index in [1.54, 1.807) is 17.5 Å². The van der Waals surface area contributed by atoms with Crippen molar-refractivity contribution in [3.63, 3.8) is 0 Å². The maximum Gasteiger partial charge on any atom is 0.251 e. The van der Waals surface area contributed by atoms with E-state index in [4.69, 9.17) is 0 Å². The number of hydrogen-bond acceptors (Lipinski definition) is 3. The summed E-state index contributed by atoms with van der Waals surface area (Å²) >= 11 is 1.61. The van der Waals surface area contributed by atoms with Crippen LogP contribution in [-0.2, 0) is 6.42 Å². The minimum atomic E-state index is -0.0244. The highest BCUT2D eigenvalue weighted by molar-refractivity contribution is 7.09. The molecule has 0 aliphatic rings. The lowest BCUT2D eigenvalue weighted by molar-refractivity contribution is 0.0956. The van der Waals surface area contributed by atoms with Crippen LogP contribution in [0.1, 0.15) is 35.3 Å². The number of fused-ring (bicyclic) bond motifs is 1. The SMILES string of the molecule is CC(C)n1ccc2c(C(=O)NCCc3nccs3)cccc21. The summed E-state index contributed by atoms with van der Waals surface area (Å²) in [7, 11) is 0. The summed E-state index contributed by atoms with van der Waals surface area (Å²) in [5.41, 5.74) is 1.83. The molecule has 0 fully saturated rings. The summed E-state index contributed by atoms with van der Waals surface area (Å²) in [5.74, 6) is -0.0244. The number of nitrogens with zero attached hydrogens (tertiary/aromatic N) is 2. The second-order valence-corrected chi connectivity index (χ2v) is 6.47. The third-order valence-corrected chi connectivity index (χ3v) is 4.51. The Bertz CT molecular complexity index is 774. The number of aromatic nitrogens is 2. The fourth-order valence-corrected chi connectivity index (χ4v) is 3.21. The van der Waals surface area contributed by atoms with E-state index in [1.165, 1.54) is 0 Å². The zero-order valence-electron chi connectivity index (χ0n) is 12.7.